The van der Waals surface area contributed by atoms with Crippen LogP contribution in [0.1, 0.15) is 25.7 Å². The van der Waals surface area contributed by atoms with Crippen LogP contribution in [-0.2, 0) is 4.79 Å². The molecule has 1 atom stereocenters. The maximum Gasteiger partial charge on any atom is 0.222 e. The molecule has 1 saturated heterocycles. The van der Waals surface area contributed by atoms with Crippen molar-refractivity contribution in [2.24, 2.45) is 5.92 Å². The number of carbonyl (C=O) groups excluding carboxylic acids is 1. The number of rotatable bonds is 5. The molecule has 0 aromatic carbocycles. The van der Waals surface area contributed by atoms with E-state index in [2.05, 4.69) is 5.32 Å². The number of nitrogens with zero attached hydrogens (tertiary/aromatic N) is 2. The summed E-state index contributed by atoms with van der Waals surface area (Å²) in [5.74, 6) is 0.829. The molecule has 1 heterocycles. The SMILES string of the molecule is CN(CCC#N)C(=O)CCC1CCNC1. The highest BCUT2D eigenvalue weighted by Gasteiger charge is 2.16. The molecule has 0 radical (unpaired) electrons. The smallest absolute Gasteiger partial charge is 0.222 e. The van der Waals surface area contributed by atoms with Crippen LogP contribution in [0, 0.1) is 17.2 Å². The molecule has 1 aliphatic heterocycles. The summed E-state index contributed by atoms with van der Waals surface area (Å²) in [5, 5.41) is 11.7. The molecule has 15 heavy (non-hydrogen) atoms. The van der Waals surface area contributed by atoms with Crippen molar-refractivity contribution < 1.29 is 4.79 Å². The third-order valence-corrected chi connectivity index (χ3v) is 2.91. The standard InChI is InChI=1S/C11H19N3O/c1-14(8-2-6-12)11(15)4-3-10-5-7-13-9-10/h10,13H,2-5,7-9H2,1H3. The number of amides is 1. The molecule has 1 rings (SSSR count). The lowest BCUT2D eigenvalue weighted by Gasteiger charge is -2.16. The van der Waals surface area contributed by atoms with Gasteiger partial charge in [-0.05, 0) is 31.8 Å². The van der Waals surface area contributed by atoms with Gasteiger partial charge >= 0.3 is 0 Å². The van der Waals surface area contributed by atoms with Gasteiger partial charge in [-0.2, -0.15) is 5.26 Å². The van der Waals surface area contributed by atoms with Crippen LogP contribution < -0.4 is 5.32 Å². The first-order valence-electron chi connectivity index (χ1n) is 5.55. The summed E-state index contributed by atoms with van der Waals surface area (Å²) >= 11 is 0. The molecule has 1 aliphatic rings. The van der Waals surface area contributed by atoms with E-state index < -0.39 is 0 Å². The molecule has 1 unspecified atom stereocenters. The van der Waals surface area contributed by atoms with E-state index in [1.165, 1.54) is 6.42 Å². The van der Waals surface area contributed by atoms with Crippen LogP contribution in [0.4, 0.5) is 0 Å². The third kappa shape index (κ3) is 4.30. The minimum Gasteiger partial charge on any atom is -0.345 e. The zero-order valence-electron chi connectivity index (χ0n) is 9.33. The lowest BCUT2D eigenvalue weighted by molar-refractivity contribution is -0.130. The monoisotopic (exact) mass is 209 g/mol. The zero-order valence-corrected chi connectivity index (χ0v) is 9.33. The lowest BCUT2D eigenvalue weighted by atomic mass is 10.0. The molecule has 0 aromatic heterocycles. The number of nitrogens with one attached hydrogen (secondary N) is 1. The Balaban J connectivity index is 2.14. The first kappa shape index (κ1) is 12.0. The third-order valence-electron chi connectivity index (χ3n) is 2.91. The van der Waals surface area contributed by atoms with Gasteiger partial charge in [-0.15, -0.1) is 0 Å². The van der Waals surface area contributed by atoms with E-state index in [-0.39, 0.29) is 5.91 Å². The van der Waals surface area contributed by atoms with E-state index >= 15 is 0 Å². The highest BCUT2D eigenvalue weighted by molar-refractivity contribution is 5.75. The molecule has 1 N–H and O–H groups in total. The van der Waals surface area contributed by atoms with Gasteiger partial charge in [0.2, 0.25) is 5.91 Å². The lowest BCUT2D eigenvalue weighted by Crippen LogP contribution is -2.27. The predicted octanol–water partition coefficient (Wildman–Crippen LogP) is 0.748. The van der Waals surface area contributed by atoms with Crippen molar-refractivity contribution >= 4 is 5.91 Å². The van der Waals surface area contributed by atoms with Gasteiger partial charge < -0.3 is 10.2 Å². The van der Waals surface area contributed by atoms with Crippen LogP contribution in [0.3, 0.4) is 0 Å². The quantitative estimate of drug-likeness (QED) is 0.727. The fraction of sp³-hybridized carbons (Fsp3) is 0.818. The molecule has 0 aromatic rings. The summed E-state index contributed by atoms with van der Waals surface area (Å²) in [4.78, 5) is 13.3. The van der Waals surface area contributed by atoms with Crippen LogP contribution in [0.15, 0.2) is 0 Å². The van der Waals surface area contributed by atoms with Gasteiger partial charge in [0.1, 0.15) is 0 Å². The molecule has 0 bridgehead atoms. The summed E-state index contributed by atoms with van der Waals surface area (Å²) in [6.07, 6.45) is 3.21. The largest absolute Gasteiger partial charge is 0.345 e. The van der Waals surface area contributed by atoms with Crippen LogP contribution in [-0.4, -0.2) is 37.5 Å². The molecule has 1 fully saturated rings. The van der Waals surface area contributed by atoms with Crippen molar-refractivity contribution in [1.29, 1.82) is 5.26 Å². The second kappa shape index (κ2) is 6.41. The summed E-state index contributed by atoms with van der Waals surface area (Å²) in [6.45, 7) is 2.69. The van der Waals surface area contributed by atoms with Crippen molar-refractivity contribution in [1.82, 2.24) is 10.2 Å². The van der Waals surface area contributed by atoms with E-state index in [1.807, 2.05) is 6.07 Å². The Kier molecular flexibility index (Phi) is 5.13. The summed E-state index contributed by atoms with van der Waals surface area (Å²) < 4.78 is 0. The van der Waals surface area contributed by atoms with Gasteiger partial charge in [-0.3, -0.25) is 4.79 Å². The van der Waals surface area contributed by atoms with Crippen molar-refractivity contribution in [3.8, 4) is 6.07 Å². The van der Waals surface area contributed by atoms with Gasteiger partial charge in [0.15, 0.2) is 0 Å². The molecule has 0 aliphatic carbocycles. The molecule has 0 spiro atoms. The van der Waals surface area contributed by atoms with Crippen molar-refractivity contribution in [3.63, 3.8) is 0 Å². The molecule has 84 valence electrons. The van der Waals surface area contributed by atoms with E-state index in [4.69, 9.17) is 5.26 Å². The Morgan fingerprint density at radius 2 is 2.47 bits per heavy atom. The Morgan fingerprint density at radius 3 is 3.07 bits per heavy atom. The Hall–Kier alpha value is -1.08. The molecule has 4 nitrogen and oxygen atoms in total. The van der Waals surface area contributed by atoms with Crippen LogP contribution in [0.2, 0.25) is 0 Å². The molecule has 0 saturated carbocycles. The highest BCUT2D eigenvalue weighted by atomic mass is 16.2. The number of carbonyl (C=O) groups is 1. The fourth-order valence-corrected chi connectivity index (χ4v) is 1.82. The van der Waals surface area contributed by atoms with Crippen molar-refractivity contribution in [2.75, 3.05) is 26.7 Å². The average Bonchev–Trinajstić information content (AvgIpc) is 2.75. The zero-order chi connectivity index (χ0) is 11.1. The van der Waals surface area contributed by atoms with Crippen molar-refractivity contribution in [3.05, 3.63) is 0 Å². The normalized spacial score (nSPS) is 19.9. The maximum atomic E-state index is 11.6. The predicted molar refractivity (Wildman–Crippen MR) is 58.1 cm³/mol. The van der Waals surface area contributed by atoms with E-state index in [9.17, 15) is 4.79 Å². The van der Waals surface area contributed by atoms with Gasteiger partial charge in [0.25, 0.3) is 0 Å². The second-order valence-electron chi connectivity index (χ2n) is 4.12. The van der Waals surface area contributed by atoms with Gasteiger partial charge in [0.05, 0.1) is 12.5 Å². The highest BCUT2D eigenvalue weighted by Crippen LogP contribution is 2.14. The molecule has 4 heteroatoms. The fourth-order valence-electron chi connectivity index (χ4n) is 1.82. The molecular weight excluding hydrogens is 190 g/mol. The minimum absolute atomic E-state index is 0.164. The van der Waals surface area contributed by atoms with Crippen molar-refractivity contribution in [2.45, 2.75) is 25.7 Å². The number of nitriles is 1. The van der Waals surface area contributed by atoms with Crippen LogP contribution in [0.5, 0.6) is 0 Å². The van der Waals surface area contributed by atoms with Gasteiger partial charge in [-0.1, -0.05) is 0 Å². The van der Waals surface area contributed by atoms with Gasteiger partial charge in [-0.25, -0.2) is 0 Å². The first-order chi connectivity index (χ1) is 7.24. The van der Waals surface area contributed by atoms with E-state index in [0.29, 0.717) is 25.3 Å². The minimum atomic E-state index is 0.164. The number of hydrogen-bond donors (Lipinski definition) is 1. The molecule has 1 amide bonds. The van der Waals surface area contributed by atoms with Gasteiger partial charge in [0, 0.05) is 20.0 Å². The summed E-state index contributed by atoms with van der Waals surface area (Å²) in [5.41, 5.74) is 0. The molecular formula is C11H19N3O. The summed E-state index contributed by atoms with van der Waals surface area (Å²) in [7, 11) is 1.77. The van der Waals surface area contributed by atoms with E-state index in [1.54, 1.807) is 11.9 Å². The summed E-state index contributed by atoms with van der Waals surface area (Å²) in [6, 6.07) is 2.05. The average molecular weight is 209 g/mol. The Morgan fingerprint density at radius 1 is 1.67 bits per heavy atom. The maximum absolute atomic E-state index is 11.6. The van der Waals surface area contributed by atoms with Crippen LogP contribution >= 0.6 is 0 Å². The first-order valence-corrected chi connectivity index (χ1v) is 5.55. The number of hydrogen-bond acceptors (Lipinski definition) is 3. The Labute approximate surface area is 91.2 Å². The second-order valence-corrected chi connectivity index (χ2v) is 4.12. The topological polar surface area (TPSA) is 56.1 Å². The van der Waals surface area contributed by atoms with E-state index in [0.717, 1.165) is 19.5 Å². The Bertz CT molecular complexity index is 241. The van der Waals surface area contributed by atoms with Crippen LogP contribution in [0.25, 0.3) is 0 Å².